The molecule has 0 spiro atoms. The summed E-state index contributed by atoms with van der Waals surface area (Å²) in [6, 6.07) is 0. The number of hydrogen-bond acceptors (Lipinski definition) is 1. The van der Waals surface area contributed by atoms with E-state index >= 15 is 0 Å². The van der Waals surface area contributed by atoms with Gasteiger partial charge in [0.15, 0.2) is 0 Å². The molecule has 1 heteroatoms. The molecule has 0 amide bonds. The summed E-state index contributed by atoms with van der Waals surface area (Å²) in [6.07, 6.45) is 17.8. The van der Waals surface area contributed by atoms with Crippen molar-refractivity contribution in [3.05, 3.63) is 23.3 Å². The van der Waals surface area contributed by atoms with Crippen molar-refractivity contribution in [2.24, 2.45) is 46.3 Å². The lowest BCUT2D eigenvalue weighted by atomic mass is 9.51. The van der Waals surface area contributed by atoms with Crippen molar-refractivity contribution in [2.45, 2.75) is 112 Å². The van der Waals surface area contributed by atoms with E-state index in [1.54, 1.807) is 11.1 Å². The van der Waals surface area contributed by atoms with Crippen LogP contribution in [0.5, 0.6) is 0 Å². The predicted octanol–water partition coefficient (Wildman–Crippen LogP) is 7.94. The fourth-order valence-electron chi connectivity index (χ4n) is 8.61. The van der Waals surface area contributed by atoms with Crippen LogP contribution in [0.25, 0.3) is 0 Å². The van der Waals surface area contributed by atoms with Gasteiger partial charge in [0.2, 0.25) is 0 Å². The first-order valence-corrected chi connectivity index (χ1v) is 13.3. The van der Waals surface area contributed by atoms with Gasteiger partial charge in [-0.2, -0.15) is 0 Å². The van der Waals surface area contributed by atoms with Crippen LogP contribution in [0.2, 0.25) is 0 Å². The molecular formula is C29H48O. The number of rotatable bonds is 6. The standard InChI is InChI=1S/C29H48O/c1-7-21(19(2)3)9-8-20(4)25-12-13-26-24-11-10-22-18-23(30)14-16-28(22,5)27(24)15-17-29(25,26)6/h10,15,19-21,23-26,30H,7-9,11-14,16-18H2,1-6H3/t20-,21-,23?,24+,25-,26+,28+,29-/m1/s1. The average Bonchev–Trinajstić information content (AvgIpc) is 3.06. The second-order valence-electron chi connectivity index (χ2n) is 12.4. The average molecular weight is 413 g/mol. The van der Waals surface area contributed by atoms with E-state index in [1.807, 2.05) is 0 Å². The maximum Gasteiger partial charge on any atom is 0.0578 e. The summed E-state index contributed by atoms with van der Waals surface area (Å²) in [7, 11) is 0. The van der Waals surface area contributed by atoms with E-state index in [4.69, 9.17) is 0 Å². The molecule has 0 aromatic carbocycles. The number of allylic oxidation sites excluding steroid dienone is 3. The van der Waals surface area contributed by atoms with Crippen LogP contribution >= 0.6 is 0 Å². The van der Waals surface area contributed by atoms with Crippen LogP contribution in [0.15, 0.2) is 23.3 Å². The van der Waals surface area contributed by atoms with E-state index in [2.05, 4.69) is 53.7 Å². The molecule has 2 fully saturated rings. The van der Waals surface area contributed by atoms with Gasteiger partial charge in [0, 0.05) is 5.41 Å². The van der Waals surface area contributed by atoms with Gasteiger partial charge in [-0.15, -0.1) is 0 Å². The molecule has 170 valence electrons. The van der Waals surface area contributed by atoms with Crippen LogP contribution in [-0.4, -0.2) is 11.2 Å². The zero-order valence-electron chi connectivity index (χ0n) is 20.7. The molecule has 2 saturated carbocycles. The highest BCUT2D eigenvalue weighted by Crippen LogP contribution is 2.65. The van der Waals surface area contributed by atoms with Crippen LogP contribution in [0, 0.1) is 46.3 Å². The monoisotopic (exact) mass is 412 g/mol. The van der Waals surface area contributed by atoms with Gasteiger partial charge >= 0.3 is 0 Å². The van der Waals surface area contributed by atoms with Crippen molar-refractivity contribution in [3.63, 3.8) is 0 Å². The molecule has 0 saturated heterocycles. The minimum atomic E-state index is -0.107. The number of aliphatic hydroxyl groups is 1. The lowest BCUT2D eigenvalue weighted by molar-refractivity contribution is 0.0559. The highest BCUT2D eigenvalue weighted by molar-refractivity contribution is 5.39. The van der Waals surface area contributed by atoms with Crippen molar-refractivity contribution < 1.29 is 5.11 Å². The van der Waals surface area contributed by atoms with Gasteiger partial charge in [-0.25, -0.2) is 0 Å². The number of aliphatic hydroxyl groups excluding tert-OH is 1. The second kappa shape index (κ2) is 8.42. The first kappa shape index (κ1) is 22.6. The number of hydrogen-bond donors (Lipinski definition) is 1. The summed E-state index contributed by atoms with van der Waals surface area (Å²) in [5.41, 5.74) is 4.07. The Morgan fingerprint density at radius 1 is 1.07 bits per heavy atom. The Morgan fingerprint density at radius 3 is 2.53 bits per heavy atom. The minimum Gasteiger partial charge on any atom is -0.393 e. The largest absolute Gasteiger partial charge is 0.393 e. The Hall–Kier alpha value is -0.560. The third kappa shape index (κ3) is 3.66. The molecule has 1 nitrogen and oxygen atoms in total. The molecule has 1 N–H and O–H groups in total. The van der Waals surface area contributed by atoms with Gasteiger partial charge in [0.25, 0.3) is 0 Å². The quantitative estimate of drug-likeness (QED) is 0.439. The van der Waals surface area contributed by atoms with Crippen molar-refractivity contribution in [2.75, 3.05) is 0 Å². The fourth-order valence-corrected chi connectivity index (χ4v) is 8.61. The zero-order valence-corrected chi connectivity index (χ0v) is 20.7. The van der Waals surface area contributed by atoms with Crippen molar-refractivity contribution in [1.29, 1.82) is 0 Å². The van der Waals surface area contributed by atoms with Crippen molar-refractivity contribution >= 4 is 0 Å². The van der Waals surface area contributed by atoms with Gasteiger partial charge < -0.3 is 5.11 Å². The Morgan fingerprint density at radius 2 is 1.83 bits per heavy atom. The topological polar surface area (TPSA) is 20.2 Å². The van der Waals surface area contributed by atoms with Crippen molar-refractivity contribution in [1.82, 2.24) is 0 Å². The molecule has 4 aliphatic rings. The molecule has 0 aromatic heterocycles. The minimum absolute atomic E-state index is 0.107. The van der Waals surface area contributed by atoms with E-state index in [0.29, 0.717) is 5.41 Å². The number of fused-ring (bicyclic) bond motifs is 5. The van der Waals surface area contributed by atoms with Crippen LogP contribution in [0.4, 0.5) is 0 Å². The molecule has 0 aliphatic heterocycles. The van der Waals surface area contributed by atoms with Gasteiger partial charge in [-0.3, -0.25) is 0 Å². The Bertz CT molecular complexity index is 686. The summed E-state index contributed by atoms with van der Waals surface area (Å²) in [5, 5.41) is 10.2. The maximum atomic E-state index is 10.2. The first-order valence-electron chi connectivity index (χ1n) is 13.3. The Kier molecular flexibility index (Phi) is 6.35. The van der Waals surface area contributed by atoms with Crippen LogP contribution in [0.1, 0.15) is 106 Å². The highest BCUT2D eigenvalue weighted by Gasteiger charge is 2.56. The van der Waals surface area contributed by atoms with Crippen LogP contribution in [0.3, 0.4) is 0 Å². The summed E-state index contributed by atoms with van der Waals surface area (Å²) in [4.78, 5) is 0. The predicted molar refractivity (Wildman–Crippen MR) is 128 cm³/mol. The molecule has 8 atom stereocenters. The van der Waals surface area contributed by atoms with Crippen molar-refractivity contribution in [3.8, 4) is 0 Å². The lowest BCUT2D eigenvalue weighted by Gasteiger charge is -2.54. The zero-order chi connectivity index (χ0) is 21.7. The molecule has 4 aliphatic carbocycles. The summed E-state index contributed by atoms with van der Waals surface area (Å²) in [5.74, 6) is 5.13. The molecule has 0 radical (unpaired) electrons. The lowest BCUT2D eigenvalue weighted by Crippen LogP contribution is -2.45. The maximum absolute atomic E-state index is 10.2. The summed E-state index contributed by atoms with van der Waals surface area (Å²) < 4.78 is 0. The molecule has 0 aromatic rings. The van der Waals surface area contributed by atoms with E-state index in [0.717, 1.165) is 54.8 Å². The highest BCUT2D eigenvalue weighted by atomic mass is 16.3. The normalized spacial score (nSPS) is 42.7. The van der Waals surface area contributed by atoms with Gasteiger partial charge in [-0.05, 0) is 92.3 Å². The summed E-state index contributed by atoms with van der Waals surface area (Å²) >= 11 is 0. The molecule has 30 heavy (non-hydrogen) atoms. The SMILES string of the molecule is CC[C@H](CC[C@@H](C)[C@H]1CC[C@H]2[C@@H]3CC=C4CC(O)CC[C@]4(C)C3=CC[C@]12C)C(C)C. The van der Waals surface area contributed by atoms with E-state index in [-0.39, 0.29) is 11.5 Å². The van der Waals surface area contributed by atoms with Gasteiger partial charge in [0.1, 0.15) is 0 Å². The Balaban J connectivity index is 1.51. The molecule has 0 bridgehead atoms. The molecular weight excluding hydrogens is 364 g/mol. The third-order valence-electron chi connectivity index (χ3n) is 10.7. The van der Waals surface area contributed by atoms with E-state index < -0.39 is 0 Å². The third-order valence-corrected chi connectivity index (χ3v) is 10.7. The fraction of sp³-hybridized carbons (Fsp3) is 0.862. The van der Waals surface area contributed by atoms with Gasteiger partial charge in [-0.1, -0.05) is 77.7 Å². The Labute approximate surface area is 186 Å². The molecule has 4 rings (SSSR count). The first-order chi connectivity index (χ1) is 14.2. The summed E-state index contributed by atoms with van der Waals surface area (Å²) in [6.45, 7) is 14.9. The van der Waals surface area contributed by atoms with E-state index in [1.165, 1.54) is 44.9 Å². The smallest absolute Gasteiger partial charge is 0.0578 e. The van der Waals surface area contributed by atoms with E-state index in [9.17, 15) is 5.11 Å². The second-order valence-corrected chi connectivity index (χ2v) is 12.4. The van der Waals surface area contributed by atoms with Gasteiger partial charge in [0.05, 0.1) is 6.10 Å². The molecule has 0 heterocycles. The van der Waals surface area contributed by atoms with Crippen LogP contribution < -0.4 is 0 Å². The molecule has 1 unspecified atom stereocenters. The van der Waals surface area contributed by atoms with Crippen LogP contribution in [-0.2, 0) is 0 Å².